The highest BCUT2D eigenvalue weighted by atomic mass is 16.5. The van der Waals surface area contributed by atoms with Crippen molar-refractivity contribution >= 4 is 35.2 Å². The van der Waals surface area contributed by atoms with Crippen LogP contribution in [0.5, 0.6) is 0 Å². The Balaban J connectivity index is 1.70. The van der Waals surface area contributed by atoms with Crippen LogP contribution in [-0.2, 0) is 14.3 Å². The zero-order chi connectivity index (χ0) is 24.9. The lowest BCUT2D eigenvalue weighted by Crippen LogP contribution is -2.22. The third-order valence-electron chi connectivity index (χ3n) is 5.46. The number of aliphatic hydroxyl groups excluding tert-OH is 1. The van der Waals surface area contributed by atoms with Gasteiger partial charge < -0.3 is 15.2 Å². The summed E-state index contributed by atoms with van der Waals surface area (Å²) in [6.07, 6.45) is 1.50. The number of ether oxygens (including phenoxy) is 1. The van der Waals surface area contributed by atoms with E-state index in [2.05, 4.69) is 5.32 Å². The number of cyclic esters (lactones) is 1. The molecule has 0 aromatic heterocycles. The lowest BCUT2D eigenvalue weighted by molar-refractivity contribution is -0.117. The van der Waals surface area contributed by atoms with E-state index in [0.717, 1.165) is 5.56 Å². The van der Waals surface area contributed by atoms with Gasteiger partial charge in [-0.05, 0) is 48.9 Å². The van der Waals surface area contributed by atoms with Crippen LogP contribution in [0.2, 0.25) is 0 Å². The molecule has 1 amide bonds. The number of allylic oxidation sites excluding steroid dienone is 1. The summed E-state index contributed by atoms with van der Waals surface area (Å²) < 4.78 is 5.40. The number of amides is 1. The molecule has 1 aliphatic rings. The highest BCUT2D eigenvalue weighted by molar-refractivity contribution is 6.15. The maximum Gasteiger partial charge on any atom is 0.339 e. The summed E-state index contributed by atoms with van der Waals surface area (Å²) in [5, 5.41) is 13.4. The highest BCUT2D eigenvalue weighted by Gasteiger charge is 2.38. The summed E-state index contributed by atoms with van der Waals surface area (Å²) >= 11 is 0. The van der Waals surface area contributed by atoms with Gasteiger partial charge in [-0.3, -0.25) is 14.4 Å². The molecule has 7 nitrogen and oxygen atoms in total. The predicted octanol–water partition coefficient (Wildman–Crippen LogP) is 4.83. The fourth-order valence-electron chi connectivity index (χ4n) is 3.66. The largest absolute Gasteiger partial charge is 0.503 e. The summed E-state index contributed by atoms with van der Waals surface area (Å²) in [5.41, 5.74) is 1.76. The van der Waals surface area contributed by atoms with Crippen molar-refractivity contribution < 1.29 is 29.0 Å². The molecule has 0 radical (unpaired) electrons. The van der Waals surface area contributed by atoms with Gasteiger partial charge in [-0.1, -0.05) is 54.6 Å². The zero-order valence-corrected chi connectivity index (χ0v) is 18.7. The third-order valence-corrected chi connectivity index (χ3v) is 5.46. The number of Topliss-reactive ketones (excluding diaryl/α,β-unsaturated/α-hetero) is 1. The van der Waals surface area contributed by atoms with Crippen LogP contribution in [-0.4, -0.2) is 28.5 Å². The zero-order valence-electron chi connectivity index (χ0n) is 18.7. The number of carbonyl (C=O) groups excluding carboxylic acids is 4. The number of carbonyl (C=O) groups is 4. The smallest absolute Gasteiger partial charge is 0.339 e. The van der Waals surface area contributed by atoms with Gasteiger partial charge in [0.2, 0.25) is 0 Å². The first-order valence-corrected chi connectivity index (χ1v) is 10.8. The number of anilines is 1. The van der Waals surface area contributed by atoms with Gasteiger partial charge >= 0.3 is 5.97 Å². The number of fused-ring (bicyclic) bond motifs is 1. The maximum atomic E-state index is 13.2. The van der Waals surface area contributed by atoms with E-state index in [4.69, 9.17) is 4.74 Å². The minimum Gasteiger partial charge on any atom is -0.503 e. The quantitative estimate of drug-likeness (QED) is 0.223. The first-order chi connectivity index (χ1) is 16.8. The van der Waals surface area contributed by atoms with Crippen LogP contribution in [0.3, 0.4) is 0 Å². The van der Waals surface area contributed by atoms with Crippen LogP contribution in [0, 0.1) is 0 Å². The van der Waals surface area contributed by atoms with Crippen LogP contribution in [0.15, 0.2) is 96.3 Å². The number of esters is 1. The molecule has 35 heavy (non-hydrogen) atoms. The SMILES string of the molecule is CC(=O)c1ccc(NC(=O)/C(O)=C(\C(=O)/C=C\c2ccccc2)C2OC(=O)c3ccccc32)cc1. The monoisotopic (exact) mass is 467 g/mol. The molecule has 0 spiro atoms. The fourth-order valence-corrected chi connectivity index (χ4v) is 3.66. The fraction of sp³-hybridized carbons (Fsp3) is 0.0714. The second-order valence-electron chi connectivity index (χ2n) is 7.83. The van der Waals surface area contributed by atoms with E-state index in [-0.39, 0.29) is 16.9 Å². The third kappa shape index (κ3) is 5.09. The van der Waals surface area contributed by atoms with Crippen molar-refractivity contribution in [3.05, 3.63) is 119 Å². The first-order valence-electron chi connectivity index (χ1n) is 10.8. The Morgan fingerprint density at radius 3 is 2.26 bits per heavy atom. The van der Waals surface area contributed by atoms with Gasteiger partial charge in [0.25, 0.3) is 5.91 Å². The molecule has 0 saturated heterocycles. The Hall–Kier alpha value is -4.78. The number of rotatable bonds is 7. The van der Waals surface area contributed by atoms with Crippen LogP contribution in [0.1, 0.15) is 44.9 Å². The number of aliphatic hydroxyl groups is 1. The topological polar surface area (TPSA) is 110 Å². The van der Waals surface area contributed by atoms with Crippen molar-refractivity contribution in [3.8, 4) is 0 Å². The molecule has 0 fully saturated rings. The maximum absolute atomic E-state index is 13.2. The van der Waals surface area contributed by atoms with E-state index in [1.165, 1.54) is 43.3 Å². The number of ketones is 2. The molecule has 7 heteroatoms. The molecule has 1 unspecified atom stereocenters. The molecule has 1 heterocycles. The van der Waals surface area contributed by atoms with Crippen molar-refractivity contribution in [1.29, 1.82) is 0 Å². The average Bonchev–Trinajstić information content (AvgIpc) is 3.20. The predicted molar refractivity (Wildman–Crippen MR) is 130 cm³/mol. The molecule has 3 aromatic carbocycles. The summed E-state index contributed by atoms with van der Waals surface area (Å²) in [6, 6.07) is 21.6. The van der Waals surface area contributed by atoms with Crippen molar-refractivity contribution in [3.63, 3.8) is 0 Å². The molecule has 4 rings (SSSR count). The van der Waals surface area contributed by atoms with E-state index in [1.807, 2.05) is 6.07 Å². The Kier molecular flexibility index (Phi) is 6.69. The average molecular weight is 467 g/mol. The molecule has 174 valence electrons. The van der Waals surface area contributed by atoms with Gasteiger partial charge in [0, 0.05) is 16.8 Å². The van der Waals surface area contributed by atoms with Crippen molar-refractivity contribution in [1.82, 2.24) is 0 Å². The summed E-state index contributed by atoms with van der Waals surface area (Å²) in [5.74, 6) is -3.32. The van der Waals surface area contributed by atoms with E-state index >= 15 is 0 Å². The molecule has 0 saturated carbocycles. The first kappa shape index (κ1) is 23.4. The molecule has 1 aliphatic heterocycles. The lowest BCUT2D eigenvalue weighted by atomic mass is 9.94. The standard InChI is InChI=1S/C28H21NO6/c1-17(30)19-12-14-20(15-13-19)29-27(33)25(32)24(23(31)16-11-18-7-3-2-4-8-18)26-21-9-5-6-10-22(21)28(34)35-26/h2-16,26,32H,1H3,(H,29,33)/b16-11-,25-24-. The molecule has 3 aromatic rings. The molecular formula is C28H21NO6. The van der Waals surface area contributed by atoms with Crippen LogP contribution >= 0.6 is 0 Å². The second kappa shape index (κ2) is 10.0. The van der Waals surface area contributed by atoms with E-state index in [1.54, 1.807) is 48.5 Å². The van der Waals surface area contributed by atoms with Gasteiger partial charge in [0.15, 0.2) is 23.4 Å². The van der Waals surface area contributed by atoms with Gasteiger partial charge in [0.1, 0.15) is 0 Å². The Morgan fingerprint density at radius 2 is 1.57 bits per heavy atom. The van der Waals surface area contributed by atoms with Crippen molar-refractivity contribution in [2.75, 3.05) is 5.32 Å². The van der Waals surface area contributed by atoms with Crippen molar-refractivity contribution in [2.24, 2.45) is 0 Å². The number of benzene rings is 3. The highest BCUT2D eigenvalue weighted by Crippen LogP contribution is 2.37. The van der Waals surface area contributed by atoms with Gasteiger partial charge in [0.05, 0.1) is 11.1 Å². The number of hydrogen-bond donors (Lipinski definition) is 2. The van der Waals surface area contributed by atoms with E-state index in [0.29, 0.717) is 16.8 Å². The minimum atomic E-state index is -1.25. The van der Waals surface area contributed by atoms with Crippen LogP contribution in [0.4, 0.5) is 5.69 Å². The van der Waals surface area contributed by atoms with Crippen LogP contribution in [0.25, 0.3) is 6.08 Å². The normalized spacial score (nSPS) is 15.2. The number of hydrogen-bond acceptors (Lipinski definition) is 6. The number of nitrogens with one attached hydrogen (secondary N) is 1. The summed E-state index contributed by atoms with van der Waals surface area (Å²) in [4.78, 5) is 50.0. The molecule has 1 atom stereocenters. The Morgan fingerprint density at radius 1 is 0.914 bits per heavy atom. The molecule has 0 bridgehead atoms. The van der Waals surface area contributed by atoms with E-state index < -0.39 is 29.5 Å². The Bertz CT molecular complexity index is 1370. The molecular weight excluding hydrogens is 446 g/mol. The van der Waals surface area contributed by atoms with Gasteiger partial charge in [-0.15, -0.1) is 0 Å². The van der Waals surface area contributed by atoms with E-state index in [9.17, 15) is 24.3 Å². The minimum absolute atomic E-state index is 0.134. The van der Waals surface area contributed by atoms with Gasteiger partial charge in [-0.2, -0.15) is 0 Å². The van der Waals surface area contributed by atoms with Crippen LogP contribution < -0.4 is 5.32 Å². The summed E-state index contributed by atoms with van der Waals surface area (Å²) in [7, 11) is 0. The summed E-state index contributed by atoms with van der Waals surface area (Å²) in [6.45, 7) is 1.42. The van der Waals surface area contributed by atoms with Gasteiger partial charge in [-0.25, -0.2) is 4.79 Å². The Labute approximate surface area is 201 Å². The second-order valence-corrected chi connectivity index (χ2v) is 7.83. The lowest BCUT2D eigenvalue weighted by Gasteiger charge is -2.15. The molecule has 0 aliphatic carbocycles. The van der Waals surface area contributed by atoms with Crippen molar-refractivity contribution in [2.45, 2.75) is 13.0 Å². The molecule has 2 N–H and O–H groups in total.